The molecule has 0 fully saturated rings. The van der Waals surface area contributed by atoms with Crippen LogP contribution in [0.1, 0.15) is 85.3 Å². The lowest BCUT2D eigenvalue weighted by atomic mass is 9.93. The number of rotatable bonds is 7. The number of aryl methyl sites for hydroxylation is 2. The molecule has 0 N–H and O–H groups in total. The maximum Gasteiger partial charge on any atom is 0.173 e. The van der Waals surface area contributed by atoms with Gasteiger partial charge in [0.2, 0.25) is 0 Å². The summed E-state index contributed by atoms with van der Waals surface area (Å²) in [4.78, 5) is 15.0. The van der Waals surface area contributed by atoms with Crippen LogP contribution in [0.3, 0.4) is 0 Å². The fourth-order valence-corrected chi connectivity index (χ4v) is 4.31. The Bertz CT molecular complexity index is 409. The van der Waals surface area contributed by atoms with Crippen LogP contribution < -0.4 is 0 Å². The number of thiophene rings is 1. The molecule has 0 spiro atoms. The summed E-state index contributed by atoms with van der Waals surface area (Å²) in [6.07, 6.45) is 11.9. The number of Topliss-reactive ketones (excluding diaryl/α,β-unsaturated/α-hetero) is 1. The number of unbranched alkanes of at least 4 members (excludes halogenated alkanes) is 1. The first-order valence-electron chi connectivity index (χ1n) is 8.39. The summed E-state index contributed by atoms with van der Waals surface area (Å²) in [5, 5.41) is 0. The SMILES string of the molecule is CCCCC(CC)CC(=O)c1cc2c(s1)CCCCC2. The minimum atomic E-state index is 0.394. The second kappa shape index (κ2) is 7.97. The van der Waals surface area contributed by atoms with Gasteiger partial charge >= 0.3 is 0 Å². The fourth-order valence-electron chi connectivity index (χ4n) is 3.11. The lowest BCUT2D eigenvalue weighted by molar-refractivity contribution is 0.0961. The summed E-state index contributed by atoms with van der Waals surface area (Å²) in [6.45, 7) is 4.45. The Hall–Kier alpha value is -0.630. The van der Waals surface area contributed by atoms with Gasteiger partial charge in [0.05, 0.1) is 4.88 Å². The molecule has 1 atom stereocenters. The first kappa shape index (κ1) is 15.8. The summed E-state index contributed by atoms with van der Waals surface area (Å²) >= 11 is 1.78. The van der Waals surface area contributed by atoms with E-state index in [1.807, 2.05) is 0 Å². The van der Waals surface area contributed by atoms with E-state index in [0.29, 0.717) is 11.7 Å². The molecule has 0 saturated carbocycles. The smallest absolute Gasteiger partial charge is 0.173 e. The first-order valence-corrected chi connectivity index (χ1v) is 9.21. The third-order valence-corrected chi connectivity index (χ3v) is 5.82. The molecule has 0 amide bonds. The Morgan fingerprint density at radius 3 is 2.80 bits per heavy atom. The second-order valence-corrected chi connectivity index (χ2v) is 7.30. The van der Waals surface area contributed by atoms with Gasteiger partial charge in [0.25, 0.3) is 0 Å². The van der Waals surface area contributed by atoms with Crippen LogP contribution in [0.15, 0.2) is 6.07 Å². The van der Waals surface area contributed by atoms with Crippen molar-refractivity contribution < 1.29 is 4.79 Å². The zero-order valence-electron chi connectivity index (χ0n) is 13.0. The topological polar surface area (TPSA) is 17.1 Å². The van der Waals surface area contributed by atoms with E-state index in [4.69, 9.17) is 0 Å². The molecule has 1 heterocycles. The molecule has 20 heavy (non-hydrogen) atoms. The van der Waals surface area contributed by atoms with E-state index < -0.39 is 0 Å². The van der Waals surface area contributed by atoms with E-state index in [9.17, 15) is 4.79 Å². The zero-order valence-corrected chi connectivity index (χ0v) is 13.9. The molecule has 0 bridgehead atoms. The summed E-state index contributed by atoms with van der Waals surface area (Å²) < 4.78 is 0. The summed E-state index contributed by atoms with van der Waals surface area (Å²) in [6, 6.07) is 2.21. The van der Waals surface area contributed by atoms with Crippen LogP contribution in [0.4, 0.5) is 0 Å². The number of hydrogen-bond donors (Lipinski definition) is 0. The van der Waals surface area contributed by atoms with Crippen LogP contribution in [0.25, 0.3) is 0 Å². The van der Waals surface area contributed by atoms with Gasteiger partial charge < -0.3 is 0 Å². The van der Waals surface area contributed by atoms with Gasteiger partial charge in [-0.2, -0.15) is 0 Å². The predicted octanol–water partition coefficient (Wildman–Crippen LogP) is 5.81. The molecule has 0 radical (unpaired) electrons. The van der Waals surface area contributed by atoms with Gasteiger partial charge in [-0.1, -0.05) is 46.0 Å². The van der Waals surface area contributed by atoms with Gasteiger partial charge in [0, 0.05) is 11.3 Å². The highest BCUT2D eigenvalue weighted by atomic mass is 32.1. The largest absolute Gasteiger partial charge is 0.293 e. The highest BCUT2D eigenvalue weighted by Crippen LogP contribution is 2.31. The third kappa shape index (κ3) is 4.18. The highest BCUT2D eigenvalue weighted by Gasteiger charge is 2.19. The molecule has 1 unspecified atom stereocenters. The van der Waals surface area contributed by atoms with Gasteiger partial charge in [0.1, 0.15) is 0 Å². The average molecular weight is 292 g/mol. The van der Waals surface area contributed by atoms with Crippen LogP contribution in [-0.4, -0.2) is 5.78 Å². The Morgan fingerprint density at radius 1 is 1.25 bits per heavy atom. The first-order chi connectivity index (χ1) is 9.74. The Balaban J connectivity index is 1.98. The van der Waals surface area contributed by atoms with Crippen molar-refractivity contribution >= 4 is 17.1 Å². The van der Waals surface area contributed by atoms with Crippen LogP contribution in [0.2, 0.25) is 0 Å². The number of carbonyl (C=O) groups is 1. The molecule has 1 aromatic rings. The maximum atomic E-state index is 12.5. The lowest BCUT2D eigenvalue weighted by Crippen LogP contribution is -2.07. The average Bonchev–Trinajstić information content (AvgIpc) is 2.74. The van der Waals surface area contributed by atoms with E-state index in [-0.39, 0.29) is 0 Å². The lowest BCUT2D eigenvalue weighted by Gasteiger charge is -2.12. The fraction of sp³-hybridized carbons (Fsp3) is 0.722. The normalized spacial score (nSPS) is 16.5. The van der Waals surface area contributed by atoms with Crippen molar-refractivity contribution in [3.8, 4) is 0 Å². The zero-order chi connectivity index (χ0) is 14.4. The van der Waals surface area contributed by atoms with E-state index in [2.05, 4.69) is 19.9 Å². The standard InChI is InChI=1S/C18H28OS/c1-3-5-9-14(4-2)12-16(19)18-13-15-10-7-6-8-11-17(15)20-18/h13-14H,3-12H2,1-2H3. The summed E-state index contributed by atoms with van der Waals surface area (Å²) in [5.74, 6) is 0.982. The van der Waals surface area contributed by atoms with E-state index in [1.165, 1.54) is 61.8 Å². The quantitative estimate of drug-likeness (QED) is 0.458. The molecule has 2 rings (SSSR count). The summed E-state index contributed by atoms with van der Waals surface area (Å²) in [7, 11) is 0. The maximum absolute atomic E-state index is 12.5. The van der Waals surface area contributed by atoms with Gasteiger partial charge in [-0.15, -0.1) is 11.3 Å². The monoisotopic (exact) mass is 292 g/mol. The Kier molecular flexibility index (Phi) is 6.28. The molecule has 0 saturated heterocycles. The third-order valence-electron chi connectivity index (χ3n) is 4.54. The molecule has 1 aromatic heterocycles. The van der Waals surface area contributed by atoms with Gasteiger partial charge in [0.15, 0.2) is 5.78 Å². The van der Waals surface area contributed by atoms with Crippen molar-refractivity contribution in [1.29, 1.82) is 0 Å². The van der Waals surface area contributed by atoms with Crippen LogP contribution >= 0.6 is 11.3 Å². The van der Waals surface area contributed by atoms with Crippen molar-refractivity contribution in [3.63, 3.8) is 0 Å². The molecule has 2 heteroatoms. The van der Waals surface area contributed by atoms with Crippen molar-refractivity contribution in [2.45, 2.75) is 78.1 Å². The molecule has 0 aliphatic heterocycles. The molecular formula is C18H28OS. The highest BCUT2D eigenvalue weighted by molar-refractivity contribution is 7.14. The van der Waals surface area contributed by atoms with Crippen molar-refractivity contribution in [1.82, 2.24) is 0 Å². The Morgan fingerprint density at radius 2 is 2.05 bits per heavy atom. The van der Waals surface area contributed by atoms with Crippen molar-refractivity contribution in [2.24, 2.45) is 5.92 Å². The van der Waals surface area contributed by atoms with Crippen LogP contribution in [0.5, 0.6) is 0 Å². The molecule has 1 nitrogen and oxygen atoms in total. The minimum absolute atomic E-state index is 0.394. The number of fused-ring (bicyclic) bond motifs is 1. The minimum Gasteiger partial charge on any atom is -0.293 e. The van der Waals surface area contributed by atoms with Crippen molar-refractivity contribution in [2.75, 3.05) is 0 Å². The van der Waals surface area contributed by atoms with Crippen LogP contribution in [0, 0.1) is 5.92 Å². The Labute approximate surface area is 127 Å². The van der Waals surface area contributed by atoms with Gasteiger partial charge in [-0.25, -0.2) is 0 Å². The van der Waals surface area contributed by atoms with E-state index >= 15 is 0 Å². The summed E-state index contributed by atoms with van der Waals surface area (Å²) in [5.41, 5.74) is 1.47. The molecule has 1 aliphatic carbocycles. The molecule has 1 aliphatic rings. The van der Waals surface area contributed by atoms with Crippen molar-refractivity contribution in [3.05, 3.63) is 21.4 Å². The number of hydrogen-bond acceptors (Lipinski definition) is 2. The van der Waals surface area contributed by atoms with Gasteiger partial charge in [-0.05, 0) is 43.2 Å². The predicted molar refractivity (Wildman–Crippen MR) is 87.8 cm³/mol. The molecule has 112 valence electrons. The van der Waals surface area contributed by atoms with E-state index in [1.54, 1.807) is 11.3 Å². The number of carbonyl (C=O) groups excluding carboxylic acids is 1. The molecular weight excluding hydrogens is 264 g/mol. The number of ketones is 1. The molecule has 0 aromatic carbocycles. The van der Waals surface area contributed by atoms with E-state index in [0.717, 1.165) is 17.7 Å². The van der Waals surface area contributed by atoms with Gasteiger partial charge in [-0.3, -0.25) is 4.79 Å². The van der Waals surface area contributed by atoms with Crippen LogP contribution in [-0.2, 0) is 12.8 Å². The second-order valence-electron chi connectivity index (χ2n) is 6.16.